The van der Waals surface area contributed by atoms with Crippen LogP contribution < -0.4 is 5.73 Å². The van der Waals surface area contributed by atoms with Crippen LogP contribution in [0.2, 0.25) is 0 Å². The van der Waals surface area contributed by atoms with Crippen LogP contribution in [-0.4, -0.2) is 24.5 Å². The molecule has 1 saturated heterocycles. The minimum Gasteiger partial charge on any atom is -0.330 e. The normalized spacial score (nSPS) is 24.1. The summed E-state index contributed by atoms with van der Waals surface area (Å²) in [5, 5.41) is 9.32. The van der Waals surface area contributed by atoms with Gasteiger partial charge in [-0.2, -0.15) is 5.26 Å². The Morgan fingerprint density at radius 3 is 2.89 bits per heavy atom. The van der Waals surface area contributed by atoms with E-state index in [1.54, 1.807) is 0 Å². The number of nitrogens with zero attached hydrogens (tertiary/aromatic N) is 2. The van der Waals surface area contributed by atoms with Crippen LogP contribution in [0.1, 0.15) is 43.4 Å². The molecule has 2 rings (SSSR count). The first-order valence-electron chi connectivity index (χ1n) is 7.25. The first-order chi connectivity index (χ1) is 9.31. The molecule has 1 aromatic carbocycles. The second kappa shape index (κ2) is 6.70. The molecular weight excluding hydrogens is 234 g/mol. The van der Waals surface area contributed by atoms with E-state index in [0.717, 1.165) is 30.6 Å². The van der Waals surface area contributed by atoms with Crippen LogP contribution in [0.25, 0.3) is 0 Å². The number of benzene rings is 1. The van der Waals surface area contributed by atoms with Gasteiger partial charge in [0.15, 0.2) is 0 Å². The van der Waals surface area contributed by atoms with Gasteiger partial charge >= 0.3 is 0 Å². The molecule has 0 saturated carbocycles. The fourth-order valence-corrected chi connectivity index (χ4v) is 3.24. The Labute approximate surface area is 116 Å². The number of rotatable bonds is 4. The molecule has 0 amide bonds. The van der Waals surface area contributed by atoms with Crippen LogP contribution in [0.15, 0.2) is 24.3 Å². The molecule has 102 valence electrons. The summed E-state index contributed by atoms with van der Waals surface area (Å²) in [5.41, 5.74) is 7.93. The SMILES string of the molecule is CCCN1CCCC(CN)C1c1ccccc1C#N. The Kier molecular flexibility index (Phi) is 4.95. The van der Waals surface area contributed by atoms with Gasteiger partial charge in [-0.15, -0.1) is 0 Å². The van der Waals surface area contributed by atoms with Gasteiger partial charge in [0.1, 0.15) is 0 Å². The van der Waals surface area contributed by atoms with Crippen molar-refractivity contribution < 1.29 is 0 Å². The number of piperidine rings is 1. The van der Waals surface area contributed by atoms with Crippen molar-refractivity contribution in [2.75, 3.05) is 19.6 Å². The summed E-state index contributed by atoms with van der Waals surface area (Å²) >= 11 is 0. The van der Waals surface area contributed by atoms with E-state index in [-0.39, 0.29) is 0 Å². The summed E-state index contributed by atoms with van der Waals surface area (Å²) in [4.78, 5) is 2.51. The van der Waals surface area contributed by atoms with Gasteiger partial charge in [-0.05, 0) is 56.4 Å². The largest absolute Gasteiger partial charge is 0.330 e. The maximum Gasteiger partial charge on any atom is 0.0995 e. The van der Waals surface area contributed by atoms with Crippen LogP contribution in [0.4, 0.5) is 0 Å². The molecule has 2 N–H and O–H groups in total. The van der Waals surface area contributed by atoms with Crippen molar-refractivity contribution in [2.24, 2.45) is 11.7 Å². The molecule has 1 aliphatic heterocycles. The van der Waals surface area contributed by atoms with Crippen LogP contribution in [0.3, 0.4) is 0 Å². The third-order valence-electron chi connectivity index (χ3n) is 4.07. The van der Waals surface area contributed by atoms with Gasteiger partial charge in [0, 0.05) is 6.04 Å². The first-order valence-corrected chi connectivity index (χ1v) is 7.25. The average Bonchev–Trinajstić information content (AvgIpc) is 2.47. The van der Waals surface area contributed by atoms with Gasteiger partial charge in [0.2, 0.25) is 0 Å². The van der Waals surface area contributed by atoms with Gasteiger partial charge in [-0.1, -0.05) is 25.1 Å². The Morgan fingerprint density at radius 1 is 1.42 bits per heavy atom. The molecule has 1 fully saturated rings. The zero-order chi connectivity index (χ0) is 13.7. The fourth-order valence-electron chi connectivity index (χ4n) is 3.24. The van der Waals surface area contributed by atoms with E-state index in [0.29, 0.717) is 18.5 Å². The molecule has 1 heterocycles. The van der Waals surface area contributed by atoms with Gasteiger partial charge in [-0.25, -0.2) is 0 Å². The van der Waals surface area contributed by atoms with E-state index < -0.39 is 0 Å². The Morgan fingerprint density at radius 2 is 2.21 bits per heavy atom. The van der Waals surface area contributed by atoms with Crippen molar-refractivity contribution in [2.45, 2.75) is 32.2 Å². The molecule has 19 heavy (non-hydrogen) atoms. The minimum atomic E-state index is 0.314. The summed E-state index contributed by atoms with van der Waals surface area (Å²) in [6.07, 6.45) is 3.52. The van der Waals surface area contributed by atoms with E-state index in [2.05, 4.69) is 24.0 Å². The van der Waals surface area contributed by atoms with Gasteiger partial charge in [0.25, 0.3) is 0 Å². The molecule has 0 spiro atoms. The molecule has 1 aliphatic rings. The van der Waals surface area contributed by atoms with E-state index >= 15 is 0 Å². The summed E-state index contributed by atoms with van der Waals surface area (Å²) in [6.45, 7) is 5.11. The third kappa shape index (κ3) is 2.97. The third-order valence-corrected chi connectivity index (χ3v) is 4.07. The number of hydrogen-bond donors (Lipinski definition) is 1. The summed E-state index contributed by atoms with van der Waals surface area (Å²) in [6, 6.07) is 10.6. The summed E-state index contributed by atoms with van der Waals surface area (Å²) in [7, 11) is 0. The molecule has 2 atom stereocenters. The predicted molar refractivity (Wildman–Crippen MR) is 77.5 cm³/mol. The Hall–Kier alpha value is -1.37. The smallest absolute Gasteiger partial charge is 0.0995 e. The molecule has 0 bridgehead atoms. The van der Waals surface area contributed by atoms with Gasteiger partial charge in [0.05, 0.1) is 11.6 Å². The van der Waals surface area contributed by atoms with Crippen LogP contribution in [-0.2, 0) is 0 Å². The summed E-state index contributed by atoms with van der Waals surface area (Å²) < 4.78 is 0. The van der Waals surface area contributed by atoms with Crippen molar-refractivity contribution in [1.82, 2.24) is 4.90 Å². The minimum absolute atomic E-state index is 0.314. The average molecular weight is 257 g/mol. The second-order valence-electron chi connectivity index (χ2n) is 5.32. The molecule has 0 aliphatic carbocycles. The zero-order valence-electron chi connectivity index (χ0n) is 11.7. The zero-order valence-corrected chi connectivity index (χ0v) is 11.7. The van der Waals surface area contributed by atoms with Gasteiger partial charge in [-0.3, -0.25) is 4.90 Å². The molecule has 3 heteroatoms. The lowest BCUT2D eigenvalue weighted by Gasteiger charge is -2.41. The second-order valence-corrected chi connectivity index (χ2v) is 5.32. The van der Waals surface area contributed by atoms with E-state index in [9.17, 15) is 5.26 Å². The van der Waals surface area contributed by atoms with Crippen LogP contribution >= 0.6 is 0 Å². The lowest BCUT2D eigenvalue weighted by molar-refractivity contribution is 0.0958. The fraction of sp³-hybridized carbons (Fsp3) is 0.562. The first kappa shape index (κ1) is 14.0. The topological polar surface area (TPSA) is 53.0 Å². The van der Waals surface area contributed by atoms with Crippen LogP contribution in [0.5, 0.6) is 0 Å². The monoisotopic (exact) mass is 257 g/mol. The Bertz CT molecular complexity index is 448. The number of nitrogens with two attached hydrogens (primary N) is 1. The molecule has 2 unspecified atom stereocenters. The summed E-state index contributed by atoms with van der Waals surface area (Å²) in [5.74, 6) is 0.467. The number of hydrogen-bond acceptors (Lipinski definition) is 3. The number of likely N-dealkylation sites (tertiary alicyclic amines) is 1. The van der Waals surface area contributed by atoms with Crippen molar-refractivity contribution in [1.29, 1.82) is 5.26 Å². The molecular formula is C16H23N3. The quantitative estimate of drug-likeness (QED) is 0.902. The van der Waals surface area contributed by atoms with Crippen molar-refractivity contribution in [3.8, 4) is 6.07 Å². The highest BCUT2D eigenvalue weighted by Crippen LogP contribution is 2.36. The highest BCUT2D eigenvalue weighted by molar-refractivity contribution is 5.40. The predicted octanol–water partition coefficient (Wildman–Crippen LogP) is 2.68. The van der Waals surface area contributed by atoms with Crippen molar-refractivity contribution in [3.63, 3.8) is 0 Å². The maximum absolute atomic E-state index is 9.32. The van der Waals surface area contributed by atoms with Crippen molar-refractivity contribution in [3.05, 3.63) is 35.4 Å². The molecule has 3 nitrogen and oxygen atoms in total. The highest BCUT2D eigenvalue weighted by atomic mass is 15.2. The lowest BCUT2D eigenvalue weighted by atomic mass is 9.83. The Balaban J connectivity index is 2.37. The van der Waals surface area contributed by atoms with E-state index in [4.69, 9.17) is 5.73 Å². The highest BCUT2D eigenvalue weighted by Gasteiger charge is 2.32. The number of nitriles is 1. The molecule has 1 aromatic rings. The maximum atomic E-state index is 9.32. The lowest BCUT2D eigenvalue weighted by Crippen LogP contribution is -2.42. The molecule has 0 radical (unpaired) electrons. The van der Waals surface area contributed by atoms with E-state index in [1.165, 1.54) is 12.8 Å². The van der Waals surface area contributed by atoms with E-state index in [1.807, 2.05) is 18.2 Å². The standard InChI is InChI=1S/C16H23N3/c1-2-9-19-10-5-7-14(12-18)16(19)15-8-4-3-6-13(15)11-17/h3-4,6,8,14,16H,2,5,7,9-10,12,18H2,1H3. The molecule has 0 aromatic heterocycles. The van der Waals surface area contributed by atoms with Crippen LogP contribution in [0, 0.1) is 17.2 Å². The van der Waals surface area contributed by atoms with Gasteiger partial charge < -0.3 is 5.73 Å². The van der Waals surface area contributed by atoms with Crippen molar-refractivity contribution >= 4 is 0 Å².